The molecule has 0 radical (unpaired) electrons. The molecule has 3 fully saturated rings. The topological polar surface area (TPSA) is 63.6 Å². The van der Waals surface area contributed by atoms with Gasteiger partial charge in [0.1, 0.15) is 11.9 Å². The molecule has 0 unspecified atom stereocenters. The summed E-state index contributed by atoms with van der Waals surface area (Å²) in [5.74, 6) is -0.531. The molecule has 104 valence electrons. The van der Waals surface area contributed by atoms with Gasteiger partial charge in [0, 0.05) is 35.7 Å². The third kappa shape index (κ3) is 1.69. The van der Waals surface area contributed by atoms with Crippen molar-refractivity contribution in [3.05, 3.63) is 12.2 Å². The Bertz CT molecular complexity index is 465. The number of carbonyl (C=O) groups is 2. The number of Topliss-reactive ketones (excluding diaryl/α,β-unsaturated/α-hetero) is 1. The molecule has 3 rings (SSSR count). The van der Waals surface area contributed by atoms with Crippen LogP contribution in [0.15, 0.2) is 12.2 Å². The Hall–Kier alpha value is -1.16. The highest BCUT2D eigenvalue weighted by Crippen LogP contribution is 2.52. The second kappa shape index (κ2) is 3.92. The van der Waals surface area contributed by atoms with E-state index >= 15 is 0 Å². The fourth-order valence-corrected chi connectivity index (χ4v) is 4.20. The first kappa shape index (κ1) is 12.9. The van der Waals surface area contributed by atoms with E-state index in [0.29, 0.717) is 24.8 Å². The van der Waals surface area contributed by atoms with Gasteiger partial charge in [0.25, 0.3) is 0 Å². The van der Waals surface area contributed by atoms with Crippen LogP contribution < -0.4 is 0 Å². The molecule has 2 aliphatic carbocycles. The van der Waals surface area contributed by atoms with Crippen molar-refractivity contribution in [2.45, 2.75) is 44.8 Å². The predicted octanol–water partition coefficient (Wildman–Crippen LogP) is 1.47. The van der Waals surface area contributed by atoms with Crippen LogP contribution in [0.3, 0.4) is 0 Å². The normalized spacial score (nSPS) is 49.6. The van der Waals surface area contributed by atoms with Crippen molar-refractivity contribution in [1.82, 2.24) is 0 Å². The molecule has 4 nitrogen and oxygen atoms in total. The maximum Gasteiger partial charge on any atom is 0.334 e. The first-order valence-electron chi connectivity index (χ1n) is 6.98. The molecule has 6 atom stereocenters. The smallest absolute Gasteiger partial charge is 0.334 e. The Morgan fingerprint density at radius 1 is 1.42 bits per heavy atom. The third-order valence-corrected chi connectivity index (χ3v) is 5.46. The van der Waals surface area contributed by atoms with Gasteiger partial charge in [-0.15, -0.1) is 0 Å². The summed E-state index contributed by atoms with van der Waals surface area (Å²) in [6, 6.07) is 0. The van der Waals surface area contributed by atoms with Crippen molar-refractivity contribution < 1.29 is 19.4 Å². The summed E-state index contributed by atoms with van der Waals surface area (Å²) in [4.78, 5) is 23.7. The van der Waals surface area contributed by atoms with Crippen LogP contribution in [0.25, 0.3) is 0 Å². The molecule has 0 aromatic carbocycles. The second-order valence-corrected chi connectivity index (χ2v) is 6.54. The summed E-state index contributed by atoms with van der Waals surface area (Å²) in [6.45, 7) is 7.52. The molecular weight excluding hydrogens is 244 g/mol. The van der Waals surface area contributed by atoms with Crippen LogP contribution in [-0.4, -0.2) is 28.6 Å². The number of hydrogen-bond acceptors (Lipinski definition) is 4. The number of rotatable bonds is 0. The van der Waals surface area contributed by atoms with Crippen LogP contribution in [0.5, 0.6) is 0 Å². The third-order valence-electron chi connectivity index (χ3n) is 5.46. The number of ketones is 1. The molecule has 2 saturated carbocycles. The zero-order valence-corrected chi connectivity index (χ0v) is 11.4. The fourth-order valence-electron chi connectivity index (χ4n) is 4.20. The Morgan fingerprint density at radius 3 is 2.79 bits per heavy atom. The molecule has 0 aromatic heterocycles. The van der Waals surface area contributed by atoms with E-state index in [0.717, 1.165) is 0 Å². The molecule has 1 aliphatic heterocycles. The van der Waals surface area contributed by atoms with E-state index in [4.69, 9.17) is 4.74 Å². The Labute approximate surface area is 112 Å². The maximum absolute atomic E-state index is 12.0. The quantitative estimate of drug-likeness (QED) is 0.531. The summed E-state index contributed by atoms with van der Waals surface area (Å²) >= 11 is 0. The molecule has 0 aromatic rings. The van der Waals surface area contributed by atoms with E-state index in [1.54, 1.807) is 0 Å². The minimum Gasteiger partial charge on any atom is -0.458 e. The van der Waals surface area contributed by atoms with E-state index in [-0.39, 0.29) is 41.5 Å². The summed E-state index contributed by atoms with van der Waals surface area (Å²) in [6.07, 6.45) is 1.41. The van der Waals surface area contributed by atoms with E-state index in [2.05, 4.69) is 6.58 Å². The highest BCUT2D eigenvalue weighted by atomic mass is 16.6. The van der Waals surface area contributed by atoms with E-state index < -0.39 is 5.60 Å². The zero-order chi connectivity index (χ0) is 13.9. The lowest BCUT2D eigenvalue weighted by Gasteiger charge is -2.34. The van der Waals surface area contributed by atoms with E-state index in [1.807, 2.05) is 13.8 Å². The molecule has 3 aliphatic rings. The predicted molar refractivity (Wildman–Crippen MR) is 68.1 cm³/mol. The van der Waals surface area contributed by atoms with Crippen molar-refractivity contribution in [2.75, 3.05) is 0 Å². The van der Waals surface area contributed by atoms with Gasteiger partial charge >= 0.3 is 5.97 Å². The van der Waals surface area contributed by atoms with Crippen LogP contribution in [0.4, 0.5) is 0 Å². The second-order valence-electron chi connectivity index (χ2n) is 6.54. The standard InChI is InChI=1S/C15H20O4/c1-7-9-4-5-15(3,18)10-6-11(16)8(2)12(10)13(9)19-14(7)17/h8-10,12-13,18H,1,4-6H2,2-3H3/t8-,9+,10-,12+,13+,15-/m1/s1. The highest BCUT2D eigenvalue weighted by Gasteiger charge is 2.58. The van der Waals surface area contributed by atoms with Gasteiger partial charge in [0.05, 0.1) is 5.60 Å². The molecule has 1 saturated heterocycles. The molecule has 4 heteroatoms. The Balaban J connectivity index is 2.03. The SMILES string of the molecule is C=C1C(=O)O[C@@H]2[C@H]3[C@H](C)C(=O)C[C@H]3[C@](C)(O)CC[C@@H]12. The van der Waals surface area contributed by atoms with Crippen LogP contribution in [-0.2, 0) is 14.3 Å². The lowest BCUT2D eigenvalue weighted by molar-refractivity contribution is -0.144. The van der Waals surface area contributed by atoms with Gasteiger partial charge in [0.15, 0.2) is 0 Å². The number of ether oxygens (including phenoxy) is 1. The number of esters is 1. The van der Waals surface area contributed by atoms with Gasteiger partial charge in [-0.05, 0) is 19.8 Å². The molecular formula is C15H20O4. The first-order chi connectivity index (χ1) is 8.83. The molecule has 0 spiro atoms. The van der Waals surface area contributed by atoms with Crippen molar-refractivity contribution >= 4 is 11.8 Å². The van der Waals surface area contributed by atoms with E-state index in [1.165, 1.54) is 0 Å². The molecule has 0 bridgehead atoms. The average molecular weight is 264 g/mol. The van der Waals surface area contributed by atoms with Crippen LogP contribution >= 0.6 is 0 Å². The minimum absolute atomic E-state index is 0.0395. The maximum atomic E-state index is 12.0. The van der Waals surface area contributed by atoms with Crippen molar-refractivity contribution in [2.24, 2.45) is 23.7 Å². The average Bonchev–Trinajstić information content (AvgIpc) is 2.74. The van der Waals surface area contributed by atoms with Crippen LogP contribution in [0.1, 0.15) is 33.1 Å². The fraction of sp³-hybridized carbons (Fsp3) is 0.733. The lowest BCUT2D eigenvalue weighted by Crippen LogP contribution is -2.40. The summed E-state index contributed by atoms with van der Waals surface area (Å²) in [5, 5.41) is 10.6. The van der Waals surface area contributed by atoms with Gasteiger partial charge < -0.3 is 9.84 Å². The van der Waals surface area contributed by atoms with Crippen molar-refractivity contribution in [1.29, 1.82) is 0 Å². The Morgan fingerprint density at radius 2 is 2.11 bits per heavy atom. The largest absolute Gasteiger partial charge is 0.458 e. The van der Waals surface area contributed by atoms with Crippen LogP contribution in [0, 0.1) is 23.7 Å². The molecule has 19 heavy (non-hydrogen) atoms. The van der Waals surface area contributed by atoms with Gasteiger partial charge in [-0.1, -0.05) is 13.5 Å². The van der Waals surface area contributed by atoms with Crippen molar-refractivity contribution in [3.63, 3.8) is 0 Å². The summed E-state index contributed by atoms with van der Waals surface area (Å²) in [7, 11) is 0. The monoisotopic (exact) mass is 264 g/mol. The molecule has 1 N–H and O–H groups in total. The number of aliphatic hydroxyl groups is 1. The van der Waals surface area contributed by atoms with Gasteiger partial charge in [-0.3, -0.25) is 4.79 Å². The van der Waals surface area contributed by atoms with E-state index in [9.17, 15) is 14.7 Å². The lowest BCUT2D eigenvalue weighted by atomic mass is 9.76. The number of carbonyl (C=O) groups excluding carboxylic acids is 2. The minimum atomic E-state index is -0.859. The van der Waals surface area contributed by atoms with Crippen molar-refractivity contribution in [3.8, 4) is 0 Å². The summed E-state index contributed by atoms with van der Waals surface area (Å²) < 4.78 is 5.48. The Kier molecular flexibility index (Phi) is 2.65. The van der Waals surface area contributed by atoms with Gasteiger partial charge in [-0.25, -0.2) is 4.79 Å². The number of fused-ring (bicyclic) bond motifs is 3. The van der Waals surface area contributed by atoms with Gasteiger partial charge in [0.2, 0.25) is 0 Å². The highest BCUT2D eigenvalue weighted by molar-refractivity contribution is 5.91. The summed E-state index contributed by atoms with van der Waals surface area (Å²) in [5.41, 5.74) is -0.352. The van der Waals surface area contributed by atoms with Crippen LogP contribution in [0.2, 0.25) is 0 Å². The zero-order valence-electron chi connectivity index (χ0n) is 11.4. The molecule has 1 heterocycles. The van der Waals surface area contributed by atoms with Gasteiger partial charge in [-0.2, -0.15) is 0 Å². The molecule has 0 amide bonds. The first-order valence-corrected chi connectivity index (χ1v) is 6.98. The number of hydrogen-bond donors (Lipinski definition) is 1.